The molecule has 4 heteroatoms. The van der Waals surface area contributed by atoms with E-state index in [0.717, 1.165) is 45.3 Å². The molecule has 0 amide bonds. The molecule has 0 aromatic rings. The Bertz CT molecular complexity index is 263. The minimum Gasteiger partial charge on any atom is -0.480 e. The third-order valence-corrected chi connectivity index (χ3v) is 3.95. The molecule has 2 saturated heterocycles. The van der Waals surface area contributed by atoms with E-state index in [0.29, 0.717) is 12.6 Å². The van der Waals surface area contributed by atoms with E-state index in [4.69, 9.17) is 4.74 Å². The summed E-state index contributed by atoms with van der Waals surface area (Å²) in [6.07, 6.45) is 4.48. The van der Waals surface area contributed by atoms with Crippen molar-refractivity contribution in [1.29, 1.82) is 0 Å². The molecule has 92 valence electrons. The number of hydrogen-bond donors (Lipinski definition) is 1. The van der Waals surface area contributed by atoms with E-state index in [1.807, 2.05) is 0 Å². The average Bonchev–Trinajstić information content (AvgIpc) is 2.85. The van der Waals surface area contributed by atoms with Crippen LogP contribution in [0.25, 0.3) is 0 Å². The molecular weight excluding hydrogens is 206 g/mol. The molecule has 2 fully saturated rings. The molecule has 0 aliphatic carbocycles. The SMILES string of the molecule is CCCC1(C(=O)O)CCCN1C1CCOC1. The summed E-state index contributed by atoms with van der Waals surface area (Å²) in [7, 11) is 0. The molecule has 0 aromatic heterocycles. The highest BCUT2D eigenvalue weighted by atomic mass is 16.5. The van der Waals surface area contributed by atoms with Gasteiger partial charge in [0, 0.05) is 12.6 Å². The molecule has 0 aromatic carbocycles. The van der Waals surface area contributed by atoms with Gasteiger partial charge in [-0.05, 0) is 32.2 Å². The van der Waals surface area contributed by atoms with Crippen LogP contribution in [0.5, 0.6) is 0 Å². The van der Waals surface area contributed by atoms with Gasteiger partial charge in [-0.2, -0.15) is 0 Å². The number of hydrogen-bond acceptors (Lipinski definition) is 3. The number of carboxylic acids is 1. The Kier molecular flexibility index (Phi) is 3.50. The molecule has 16 heavy (non-hydrogen) atoms. The van der Waals surface area contributed by atoms with E-state index < -0.39 is 11.5 Å². The normalized spacial score (nSPS) is 35.7. The summed E-state index contributed by atoms with van der Waals surface area (Å²) >= 11 is 0. The highest BCUT2D eigenvalue weighted by Gasteiger charge is 2.49. The predicted molar refractivity (Wildman–Crippen MR) is 60.4 cm³/mol. The number of aliphatic carboxylic acids is 1. The zero-order valence-corrected chi connectivity index (χ0v) is 9.95. The maximum Gasteiger partial charge on any atom is 0.324 e. The van der Waals surface area contributed by atoms with Gasteiger partial charge in [0.1, 0.15) is 5.54 Å². The topological polar surface area (TPSA) is 49.8 Å². The van der Waals surface area contributed by atoms with Crippen molar-refractivity contribution in [3.8, 4) is 0 Å². The molecule has 2 atom stereocenters. The van der Waals surface area contributed by atoms with Gasteiger partial charge in [0.05, 0.1) is 6.61 Å². The summed E-state index contributed by atoms with van der Waals surface area (Å²) in [6, 6.07) is 0.324. The first-order chi connectivity index (χ1) is 7.70. The van der Waals surface area contributed by atoms with E-state index in [1.165, 1.54) is 0 Å². The number of carboxylic acid groups (broad SMARTS) is 1. The smallest absolute Gasteiger partial charge is 0.324 e. The second-order valence-electron chi connectivity index (χ2n) is 4.90. The van der Waals surface area contributed by atoms with Gasteiger partial charge < -0.3 is 9.84 Å². The third-order valence-electron chi connectivity index (χ3n) is 3.95. The average molecular weight is 227 g/mol. The minimum atomic E-state index is -0.640. The fourth-order valence-electron chi connectivity index (χ4n) is 3.22. The number of ether oxygens (including phenoxy) is 1. The molecule has 2 rings (SSSR count). The maximum absolute atomic E-state index is 11.6. The fourth-order valence-corrected chi connectivity index (χ4v) is 3.22. The van der Waals surface area contributed by atoms with Crippen LogP contribution in [-0.4, -0.2) is 47.3 Å². The minimum absolute atomic E-state index is 0.324. The zero-order valence-electron chi connectivity index (χ0n) is 9.95. The first-order valence-corrected chi connectivity index (χ1v) is 6.28. The van der Waals surface area contributed by atoms with Gasteiger partial charge in [-0.15, -0.1) is 0 Å². The lowest BCUT2D eigenvalue weighted by Gasteiger charge is -2.38. The second kappa shape index (κ2) is 4.72. The summed E-state index contributed by atoms with van der Waals surface area (Å²) in [5.41, 5.74) is -0.604. The van der Waals surface area contributed by atoms with Gasteiger partial charge in [0.2, 0.25) is 0 Å². The lowest BCUT2D eigenvalue weighted by atomic mass is 9.89. The van der Waals surface area contributed by atoms with Crippen molar-refractivity contribution in [1.82, 2.24) is 4.90 Å². The Morgan fingerprint density at radius 2 is 2.44 bits per heavy atom. The first-order valence-electron chi connectivity index (χ1n) is 6.28. The largest absolute Gasteiger partial charge is 0.480 e. The van der Waals surface area contributed by atoms with Crippen molar-refractivity contribution in [3.63, 3.8) is 0 Å². The molecule has 2 aliphatic heterocycles. The van der Waals surface area contributed by atoms with Gasteiger partial charge in [-0.1, -0.05) is 13.3 Å². The molecule has 2 heterocycles. The van der Waals surface area contributed by atoms with Crippen molar-refractivity contribution >= 4 is 5.97 Å². The van der Waals surface area contributed by atoms with E-state index in [-0.39, 0.29) is 0 Å². The van der Waals surface area contributed by atoms with Gasteiger partial charge in [-0.25, -0.2) is 0 Å². The number of likely N-dealkylation sites (tertiary alicyclic amines) is 1. The first kappa shape index (κ1) is 11.9. The fraction of sp³-hybridized carbons (Fsp3) is 0.917. The van der Waals surface area contributed by atoms with Crippen LogP contribution in [0.2, 0.25) is 0 Å². The van der Waals surface area contributed by atoms with E-state index in [1.54, 1.807) is 0 Å². The van der Waals surface area contributed by atoms with Gasteiger partial charge in [0.25, 0.3) is 0 Å². The zero-order chi connectivity index (χ0) is 11.6. The van der Waals surface area contributed by atoms with Gasteiger partial charge in [-0.3, -0.25) is 9.69 Å². The van der Waals surface area contributed by atoms with Crippen LogP contribution < -0.4 is 0 Å². The number of carbonyl (C=O) groups is 1. The Morgan fingerprint density at radius 3 is 3.00 bits per heavy atom. The Morgan fingerprint density at radius 1 is 1.62 bits per heavy atom. The molecule has 2 unspecified atom stereocenters. The predicted octanol–water partition coefficient (Wildman–Crippen LogP) is 1.49. The summed E-state index contributed by atoms with van der Waals surface area (Å²) in [5.74, 6) is -0.640. The number of nitrogens with zero attached hydrogens (tertiary/aromatic N) is 1. The van der Waals surface area contributed by atoms with Crippen LogP contribution in [-0.2, 0) is 9.53 Å². The molecular formula is C12H21NO3. The monoisotopic (exact) mass is 227 g/mol. The van der Waals surface area contributed by atoms with Crippen LogP contribution in [0.3, 0.4) is 0 Å². The van der Waals surface area contributed by atoms with Gasteiger partial charge in [0.15, 0.2) is 0 Å². The maximum atomic E-state index is 11.6. The van der Waals surface area contributed by atoms with Crippen molar-refractivity contribution in [2.45, 2.75) is 50.6 Å². The quantitative estimate of drug-likeness (QED) is 0.790. The summed E-state index contributed by atoms with van der Waals surface area (Å²) in [4.78, 5) is 13.8. The molecule has 0 spiro atoms. The number of rotatable bonds is 4. The van der Waals surface area contributed by atoms with Gasteiger partial charge >= 0.3 is 5.97 Å². The van der Waals surface area contributed by atoms with Crippen molar-refractivity contribution in [2.75, 3.05) is 19.8 Å². The third kappa shape index (κ3) is 1.84. The molecule has 0 saturated carbocycles. The van der Waals surface area contributed by atoms with E-state index in [2.05, 4.69) is 11.8 Å². The lowest BCUT2D eigenvalue weighted by Crippen LogP contribution is -2.54. The van der Waals surface area contributed by atoms with Crippen molar-refractivity contribution in [3.05, 3.63) is 0 Å². The molecule has 0 radical (unpaired) electrons. The molecule has 2 aliphatic rings. The molecule has 4 nitrogen and oxygen atoms in total. The second-order valence-corrected chi connectivity index (χ2v) is 4.90. The molecule has 1 N–H and O–H groups in total. The summed E-state index contributed by atoms with van der Waals surface area (Å²) < 4.78 is 5.39. The highest BCUT2D eigenvalue weighted by molar-refractivity contribution is 5.79. The Labute approximate surface area is 96.6 Å². The lowest BCUT2D eigenvalue weighted by molar-refractivity contribution is -0.151. The van der Waals surface area contributed by atoms with E-state index >= 15 is 0 Å². The van der Waals surface area contributed by atoms with Crippen LogP contribution in [0.4, 0.5) is 0 Å². The van der Waals surface area contributed by atoms with Crippen molar-refractivity contribution < 1.29 is 14.6 Å². The standard InChI is InChI=1S/C12H21NO3/c1-2-5-12(11(14)15)6-3-7-13(12)10-4-8-16-9-10/h10H,2-9H2,1H3,(H,14,15). The summed E-state index contributed by atoms with van der Waals surface area (Å²) in [5, 5.41) is 9.54. The van der Waals surface area contributed by atoms with Crippen molar-refractivity contribution in [2.24, 2.45) is 0 Å². The van der Waals surface area contributed by atoms with Crippen LogP contribution >= 0.6 is 0 Å². The Balaban J connectivity index is 2.17. The van der Waals surface area contributed by atoms with Crippen LogP contribution in [0, 0.1) is 0 Å². The summed E-state index contributed by atoms with van der Waals surface area (Å²) in [6.45, 7) is 4.47. The van der Waals surface area contributed by atoms with Crippen LogP contribution in [0.1, 0.15) is 39.0 Å². The van der Waals surface area contributed by atoms with E-state index in [9.17, 15) is 9.90 Å². The highest BCUT2D eigenvalue weighted by Crippen LogP contribution is 2.37. The van der Waals surface area contributed by atoms with Crippen LogP contribution in [0.15, 0.2) is 0 Å². The molecule has 0 bridgehead atoms. The Hall–Kier alpha value is -0.610.